The van der Waals surface area contributed by atoms with Crippen molar-refractivity contribution < 1.29 is 26.3 Å². The molecule has 0 saturated heterocycles. The quantitative estimate of drug-likeness (QED) is 0.550. The van der Waals surface area contributed by atoms with Gasteiger partial charge in [0.05, 0.1) is 16.8 Å². The third kappa shape index (κ3) is 5.40. The monoisotopic (exact) mass is 450 g/mol. The molecular weight excluding hydrogens is 433 g/mol. The molecule has 3 aromatic rings. The van der Waals surface area contributed by atoms with Crippen LogP contribution in [0.5, 0.6) is 5.88 Å². The van der Waals surface area contributed by atoms with Crippen LogP contribution < -0.4 is 9.46 Å². The zero-order valence-corrected chi connectivity index (χ0v) is 17.0. The van der Waals surface area contributed by atoms with Gasteiger partial charge in [-0.1, -0.05) is 18.9 Å². The number of ether oxygens (including phenoxy) is 1. The average Bonchev–Trinajstić information content (AvgIpc) is 2.71. The molecule has 0 amide bonds. The van der Waals surface area contributed by atoms with Crippen molar-refractivity contribution in [1.82, 2.24) is 15.0 Å². The first kappa shape index (κ1) is 22.3. The van der Waals surface area contributed by atoms with Crippen molar-refractivity contribution in [2.24, 2.45) is 0 Å². The second kappa shape index (κ2) is 8.77. The summed E-state index contributed by atoms with van der Waals surface area (Å²) in [5, 5.41) is 0. The highest BCUT2D eigenvalue weighted by Gasteiger charge is 2.44. The van der Waals surface area contributed by atoms with Crippen LogP contribution in [-0.2, 0) is 10.0 Å². The van der Waals surface area contributed by atoms with Crippen LogP contribution in [0, 0.1) is 12.3 Å². The fraction of sp³-hybridized carbons (Fsp3) is 0.250. The number of aromatic nitrogens is 3. The average molecular weight is 450 g/mol. The predicted octanol–water partition coefficient (Wildman–Crippen LogP) is 3.84. The molecule has 0 radical (unpaired) electrons. The number of sulfonamides is 1. The van der Waals surface area contributed by atoms with E-state index in [-0.39, 0.29) is 28.8 Å². The summed E-state index contributed by atoms with van der Waals surface area (Å²) in [6.07, 6.45) is 0.711. The van der Waals surface area contributed by atoms with Crippen molar-refractivity contribution >= 4 is 26.9 Å². The first-order chi connectivity index (χ1) is 14.6. The summed E-state index contributed by atoms with van der Waals surface area (Å²) in [4.78, 5) is 11.9. The van der Waals surface area contributed by atoms with E-state index in [1.54, 1.807) is 6.92 Å². The number of terminal acetylenes is 1. The molecule has 1 atom stereocenters. The Labute approximate surface area is 176 Å². The van der Waals surface area contributed by atoms with Crippen LogP contribution in [0.1, 0.15) is 30.6 Å². The number of halogens is 3. The lowest BCUT2D eigenvalue weighted by atomic mass is 10.1. The summed E-state index contributed by atoms with van der Waals surface area (Å²) in [5.41, 5.74) is 0.546. The number of hydrogen-bond donors (Lipinski definition) is 1. The van der Waals surface area contributed by atoms with Gasteiger partial charge in [0, 0.05) is 23.5 Å². The lowest BCUT2D eigenvalue weighted by Gasteiger charge is -2.22. The highest BCUT2D eigenvalue weighted by Crippen LogP contribution is 2.38. The SMILES string of the molecule is C#Cc1ccc2nc(OC(c3cccnc3)C(F)(F)F)c(NS(=O)(=O)CCC)nc2c1. The molecule has 0 bridgehead atoms. The molecule has 0 spiro atoms. The summed E-state index contributed by atoms with van der Waals surface area (Å²) in [5.74, 6) is 1.06. The Morgan fingerprint density at radius 1 is 1.23 bits per heavy atom. The third-order valence-corrected chi connectivity index (χ3v) is 5.49. The highest BCUT2D eigenvalue weighted by molar-refractivity contribution is 7.92. The third-order valence-electron chi connectivity index (χ3n) is 4.04. The Bertz CT molecular complexity index is 1230. The van der Waals surface area contributed by atoms with E-state index in [9.17, 15) is 21.6 Å². The Hall–Kier alpha value is -3.39. The second-order valence-electron chi connectivity index (χ2n) is 6.47. The number of hydrogen-bond acceptors (Lipinski definition) is 6. The Kier molecular flexibility index (Phi) is 6.31. The van der Waals surface area contributed by atoms with Gasteiger partial charge in [-0.25, -0.2) is 18.4 Å². The van der Waals surface area contributed by atoms with Gasteiger partial charge in [0.2, 0.25) is 21.9 Å². The lowest BCUT2D eigenvalue weighted by molar-refractivity contribution is -0.198. The van der Waals surface area contributed by atoms with Crippen molar-refractivity contribution in [3.05, 3.63) is 53.9 Å². The molecule has 11 heteroatoms. The zero-order valence-electron chi connectivity index (χ0n) is 16.2. The largest absolute Gasteiger partial charge is 0.457 e. The summed E-state index contributed by atoms with van der Waals surface area (Å²) in [6, 6.07) is 6.98. The molecule has 1 N–H and O–H groups in total. The van der Waals surface area contributed by atoms with Gasteiger partial charge >= 0.3 is 6.18 Å². The molecular formula is C20H17F3N4O3S. The van der Waals surface area contributed by atoms with Crippen LogP contribution in [0.2, 0.25) is 0 Å². The van der Waals surface area contributed by atoms with Crippen molar-refractivity contribution in [2.75, 3.05) is 10.5 Å². The fourth-order valence-corrected chi connectivity index (χ4v) is 3.78. The van der Waals surface area contributed by atoms with E-state index in [0.717, 1.165) is 6.20 Å². The van der Waals surface area contributed by atoms with Crippen molar-refractivity contribution in [3.63, 3.8) is 0 Å². The molecule has 0 fully saturated rings. The van der Waals surface area contributed by atoms with E-state index in [0.29, 0.717) is 5.56 Å². The maximum Gasteiger partial charge on any atom is 0.429 e. The van der Waals surface area contributed by atoms with Gasteiger partial charge in [-0.05, 0) is 30.7 Å². The van der Waals surface area contributed by atoms with Crippen molar-refractivity contribution in [3.8, 4) is 18.2 Å². The van der Waals surface area contributed by atoms with Gasteiger partial charge in [-0.15, -0.1) is 6.42 Å². The van der Waals surface area contributed by atoms with Crippen LogP contribution >= 0.6 is 0 Å². The van der Waals surface area contributed by atoms with Gasteiger partial charge < -0.3 is 4.74 Å². The summed E-state index contributed by atoms with van der Waals surface area (Å²) in [7, 11) is -3.89. The minimum absolute atomic E-state index is 0.180. The van der Waals surface area contributed by atoms with Gasteiger partial charge in [0.1, 0.15) is 0 Å². The number of fused-ring (bicyclic) bond motifs is 1. The Balaban J connectivity index is 2.14. The normalized spacial score (nSPS) is 12.9. The van der Waals surface area contributed by atoms with E-state index in [1.165, 1.54) is 36.5 Å². The zero-order chi connectivity index (χ0) is 22.6. The number of alkyl halides is 3. The number of nitrogens with zero attached hydrogens (tertiary/aromatic N) is 3. The predicted molar refractivity (Wildman–Crippen MR) is 109 cm³/mol. The minimum atomic E-state index is -4.83. The molecule has 7 nitrogen and oxygen atoms in total. The molecule has 162 valence electrons. The Morgan fingerprint density at radius 2 is 2.00 bits per heavy atom. The molecule has 31 heavy (non-hydrogen) atoms. The second-order valence-corrected chi connectivity index (χ2v) is 8.31. The summed E-state index contributed by atoms with van der Waals surface area (Å²) in [6.45, 7) is 1.64. The molecule has 2 heterocycles. The number of nitrogens with one attached hydrogen (secondary N) is 1. The topological polar surface area (TPSA) is 94.1 Å². The van der Waals surface area contributed by atoms with Crippen molar-refractivity contribution in [1.29, 1.82) is 0 Å². The first-order valence-electron chi connectivity index (χ1n) is 9.05. The molecule has 0 aliphatic carbocycles. The van der Waals surface area contributed by atoms with Crippen LogP contribution in [-0.4, -0.2) is 35.3 Å². The fourth-order valence-electron chi connectivity index (χ4n) is 2.71. The summed E-state index contributed by atoms with van der Waals surface area (Å²) >= 11 is 0. The molecule has 1 unspecified atom stereocenters. The van der Waals surface area contributed by atoms with Crippen LogP contribution in [0.15, 0.2) is 42.7 Å². The van der Waals surface area contributed by atoms with Gasteiger partial charge in [0.15, 0.2) is 0 Å². The molecule has 0 aliphatic heterocycles. The maximum absolute atomic E-state index is 13.7. The number of rotatable bonds is 7. The molecule has 1 aromatic carbocycles. The number of benzene rings is 1. The van der Waals surface area contributed by atoms with Gasteiger partial charge in [-0.3, -0.25) is 9.71 Å². The first-order valence-corrected chi connectivity index (χ1v) is 10.7. The van der Waals surface area contributed by atoms with E-state index in [2.05, 4.69) is 25.6 Å². The highest BCUT2D eigenvalue weighted by atomic mass is 32.2. The smallest absolute Gasteiger partial charge is 0.429 e. The van der Waals surface area contributed by atoms with E-state index in [4.69, 9.17) is 11.2 Å². The lowest BCUT2D eigenvalue weighted by Crippen LogP contribution is -2.27. The van der Waals surface area contributed by atoms with E-state index in [1.807, 2.05) is 0 Å². The number of pyridine rings is 1. The maximum atomic E-state index is 13.7. The minimum Gasteiger partial charge on any atom is -0.457 e. The number of anilines is 1. The van der Waals surface area contributed by atoms with Gasteiger partial charge in [-0.2, -0.15) is 13.2 Å². The summed E-state index contributed by atoms with van der Waals surface area (Å²) < 4.78 is 73.1. The molecule has 3 rings (SSSR count). The van der Waals surface area contributed by atoms with Crippen LogP contribution in [0.4, 0.5) is 19.0 Å². The van der Waals surface area contributed by atoms with Crippen LogP contribution in [0.25, 0.3) is 11.0 Å². The molecule has 2 aromatic heterocycles. The molecule has 0 aliphatic rings. The Morgan fingerprint density at radius 3 is 2.61 bits per heavy atom. The van der Waals surface area contributed by atoms with E-state index < -0.39 is 34.0 Å². The van der Waals surface area contributed by atoms with Crippen molar-refractivity contribution in [2.45, 2.75) is 25.6 Å². The van der Waals surface area contributed by atoms with E-state index >= 15 is 0 Å². The van der Waals surface area contributed by atoms with Crippen LogP contribution in [0.3, 0.4) is 0 Å². The standard InChI is InChI=1S/C20H17F3N4O3S/c1-3-10-31(28,29)27-18-19(26-15-8-7-13(4-2)11-16(15)25-18)30-17(20(21,22)23)14-6-5-9-24-12-14/h2,5-9,11-12,17H,3,10H2,1H3,(H,25,27). The molecule has 0 saturated carbocycles. The van der Waals surface area contributed by atoms with Gasteiger partial charge in [0.25, 0.3) is 5.88 Å².